The van der Waals surface area contributed by atoms with E-state index in [4.69, 9.17) is 17.3 Å². The van der Waals surface area contributed by atoms with Crippen LogP contribution in [0, 0.1) is 0 Å². The Morgan fingerprint density at radius 1 is 1.36 bits per heavy atom. The fourth-order valence-electron chi connectivity index (χ4n) is 2.82. The van der Waals surface area contributed by atoms with Crippen LogP contribution < -0.4 is 29.7 Å². The van der Waals surface area contributed by atoms with Gasteiger partial charge in [0, 0.05) is 34.0 Å². The summed E-state index contributed by atoms with van der Waals surface area (Å²) in [6.07, 6.45) is 3.88. The van der Waals surface area contributed by atoms with Gasteiger partial charge in [0.05, 0.1) is 11.7 Å². The van der Waals surface area contributed by atoms with Crippen LogP contribution in [0.1, 0.15) is 30.0 Å². The van der Waals surface area contributed by atoms with E-state index >= 15 is 0 Å². The molecule has 0 amide bonds. The van der Waals surface area contributed by atoms with Crippen molar-refractivity contribution >= 4 is 23.3 Å². The first-order valence-electron chi connectivity index (χ1n) is 6.81. The fraction of sp³-hybridized carbons (Fsp3) is 0.250. The molecule has 0 saturated heterocycles. The SMILES string of the molecule is Nc1ccc(Cl)cc1-c1cnc2c(c1)CCCC2C(=O)[O-].[Li+]. The summed E-state index contributed by atoms with van der Waals surface area (Å²) in [6, 6.07) is 7.23. The van der Waals surface area contributed by atoms with Crippen LogP contribution in [0.2, 0.25) is 5.02 Å². The van der Waals surface area contributed by atoms with E-state index in [0.717, 1.165) is 29.5 Å². The zero-order valence-electron chi connectivity index (χ0n) is 12.3. The number of halogens is 1. The van der Waals surface area contributed by atoms with Crippen molar-refractivity contribution in [2.24, 2.45) is 0 Å². The summed E-state index contributed by atoms with van der Waals surface area (Å²) in [7, 11) is 0. The number of aryl methyl sites for hydroxylation is 1. The van der Waals surface area contributed by atoms with E-state index in [-0.39, 0.29) is 18.9 Å². The van der Waals surface area contributed by atoms with Crippen molar-refractivity contribution in [2.75, 3.05) is 5.73 Å². The van der Waals surface area contributed by atoms with E-state index in [2.05, 4.69) is 4.98 Å². The molecule has 22 heavy (non-hydrogen) atoms. The van der Waals surface area contributed by atoms with Crippen molar-refractivity contribution in [1.82, 2.24) is 4.98 Å². The Bertz CT molecular complexity index is 721. The molecule has 1 heterocycles. The maximum Gasteiger partial charge on any atom is 1.00 e. The standard InChI is InChI=1S/C16H15ClN2O2.Li/c17-11-4-5-14(18)13(7-11)10-6-9-2-1-3-12(16(20)21)15(9)19-8-10;/h4-8,12H,1-3,18H2,(H,20,21);/q;+1/p-1. The molecule has 1 aromatic carbocycles. The number of pyridine rings is 1. The number of aliphatic carboxylic acids is 1. The molecular weight excluding hydrogens is 295 g/mol. The molecule has 1 aromatic heterocycles. The van der Waals surface area contributed by atoms with Crippen LogP contribution in [0.15, 0.2) is 30.5 Å². The molecule has 6 heteroatoms. The van der Waals surface area contributed by atoms with Crippen LogP contribution in [-0.2, 0) is 11.2 Å². The Morgan fingerprint density at radius 3 is 2.86 bits per heavy atom. The summed E-state index contributed by atoms with van der Waals surface area (Å²) < 4.78 is 0. The Hall–Kier alpha value is -1.47. The van der Waals surface area contributed by atoms with Gasteiger partial charge in [-0.1, -0.05) is 11.6 Å². The second kappa shape index (κ2) is 6.74. The van der Waals surface area contributed by atoms with Gasteiger partial charge >= 0.3 is 18.9 Å². The number of carboxylic acids is 1. The first-order valence-corrected chi connectivity index (χ1v) is 7.19. The molecule has 108 valence electrons. The minimum absolute atomic E-state index is 0. The van der Waals surface area contributed by atoms with Crippen LogP contribution >= 0.6 is 11.6 Å². The minimum Gasteiger partial charge on any atom is -0.549 e. The first kappa shape index (κ1) is 16.9. The topological polar surface area (TPSA) is 79.0 Å². The zero-order valence-corrected chi connectivity index (χ0v) is 13.1. The van der Waals surface area contributed by atoms with Gasteiger partial charge in [-0.3, -0.25) is 4.98 Å². The number of fused-ring (bicyclic) bond motifs is 1. The average molecular weight is 309 g/mol. The van der Waals surface area contributed by atoms with Crippen LogP contribution in [-0.4, -0.2) is 11.0 Å². The smallest absolute Gasteiger partial charge is 0.549 e. The van der Waals surface area contributed by atoms with Crippen molar-refractivity contribution < 1.29 is 28.8 Å². The van der Waals surface area contributed by atoms with E-state index in [1.165, 1.54) is 0 Å². The van der Waals surface area contributed by atoms with Crippen LogP contribution in [0.3, 0.4) is 0 Å². The molecular formula is C16H14ClLiN2O2. The molecule has 3 rings (SSSR count). The van der Waals surface area contributed by atoms with E-state index in [1.54, 1.807) is 24.4 Å². The van der Waals surface area contributed by atoms with Crippen molar-refractivity contribution in [3.05, 3.63) is 46.7 Å². The first-order chi connectivity index (χ1) is 10.1. The number of carbonyl (C=O) groups excluding carboxylic acids is 1. The monoisotopic (exact) mass is 308 g/mol. The zero-order chi connectivity index (χ0) is 15.0. The van der Waals surface area contributed by atoms with Gasteiger partial charge in [0.2, 0.25) is 0 Å². The number of hydrogen-bond donors (Lipinski definition) is 1. The number of rotatable bonds is 2. The van der Waals surface area contributed by atoms with Gasteiger partial charge < -0.3 is 15.6 Å². The molecule has 0 fully saturated rings. The van der Waals surface area contributed by atoms with Gasteiger partial charge in [-0.15, -0.1) is 0 Å². The van der Waals surface area contributed by atoms with Crippen molar-refractivity contribution in [3.63, 3.8) is 0 Å². The number of nitrogens with zero attached hydrogens (tertiary/aromatic N) is 1. The van der Waals surface area contributed by atoms with E-state index in [0.29, 0.717) is 22.8 Å². The molecule has 0 saturated carbocycles. The van der Waals surface area contributed by atoms with Crippen molar-refractivity contribution in [2.45, 2.75) is 25.2 Å². The summed E-state index contributed by atoms with van der Waals surface area (Å²) >= 11 is 6.01. The Labute approximate surface area is 145 Å². The molecule has 0 aliphatic heterocycles. The van der Waals surface area contributed by atoms with Gasteiger partial charge in [-0.25, -0.2) is 0 Å². The minimum atomic E-state index is -1.06. The molecule has 1 atom stereocenters. The maximum atomic E-state index is 11.2. The van der Waals surface area contributed by atoms with Gasteiger partial charge in [0.25, 0.3) is 0 Å². The van der Waals surface area contributed by atoms with Crippen LogP contribution in [0.5, 0.6) is 0 Å². The van der Waals surface area contributed by atoms with Crippen LogP contribution in [0.25, 0.3) is 11.1 Å². The van der Waals surface area contributed by atoms with Gasteiger partial charge in [-0.05, 0) is 49.1 Å². The summed E-state index contributed by atoms with van der Waals surface area (Å²) in [6.45, 7) is 0. The van der Waals surface area contributed by atoms with Gasteiger partial charge in [0.1, 0.15) is 0 Å². The van der Waals surface area contributed by atoms with E-state index in [1.807, 2.05) is 6.07 Å². The van der Waals surface area contributed by atoms with Crippen molar-refractivity contribution in [3.8, 4) is 11.1 Å². The number of hydrogen-bond acceptors (Lipinski definition) is 4. The van der Waals surface area contributed by atoms with Gasteiger partial charge in [0.15, 0.2) is 0 Å². The molecule has 1 unspecified atom stereocenters. The molecule has 0 radical (unpaired) electrons. The quantitative estimate of drug-likeness (QED) is 0.579. The molecule has 2 N–H and O–H groups in total. The third kappa shape index (κ3) is 3.15. The summed E-state index contributed by atoms with van der Waals surface area (Å²) in [4.78, 5) is 15.5. The number of carboxylic acid groups (broad SMARTS) is 1. The normalized spacial score (nSPS) is 16.5. The second-order valence-electron chi connectivity index (χ2n) is 5.26. The fourth-order valence-corrected chi connectivity index (χ4v) is 3.00. The molecule has 1 aliphatic carbocycles. The Morgan fingerprint density at radius 2 is 2.14 bits per heavy atom. The van der Waals surface area contributed by atoms with Crippen LogP contribution in [0.4, 0.5) is 5.69 Å². The number of nitrogen functional groups attached to an aromatic ring is 1. The molecule has 1 aliphatic rings. The summed E-state index contributed by atoms with van der Waals surface area (Å²) in [5.41, 5.74) is 9.84. The number of aromatic nitrogens is 1. The largest absolute Gasteiger partial charge is 1.00 e. The molecule has 4 nitrogen and oxygen atoms in total. The Balaban J connectivity index is 0.00000176. The number of carbonyl (C=O) groups is 1. The summed E-state index contributed by atoms with van der Waals surface area (Å²) in [5.74, 6) is -1.67. The van der Waals surface area contributed by atoms with Gasteiger partial charge in [-0.2, -0.15) is 0 Å². The third-order valence-corrected chi connectivity index (χ3v) is 4.12. The maximum absolute atomic E-state index is 11.2. The predicted octanol–water partition coefficient (Wildman–Crippen LogP) is -0.842. The van der Waals surface area contributed by atoms with E-state index in [9.17, 15) is 9.90 Å². The second-order valence-corrected chi connectivity index (χ2v) is 5.70. The number of anilines is 1. The summed E-state index contributed by atoms with van der Waals surface area (Å²) in [5, 5.41) is 11.8. The molecule has 0 spiro atoms. The van der Waals surface area contributed by atoms with E-state index < -0.39 is 11.9 Å². The molecule has 2 aromatic rings. The van der Waals surface area contributed by atoms with Crippen molar-refractivity contribution in [1.29, 1.82) is 0 Å². The Kier molecular flexibility index (Phi) is 5.18. The molecule has 0 bridgehead atoms. The average Bonchev–Trinajstić information content (AvgIpc) is 2.48. The third-order valence-electron chi connectivity index (χ3n) is 3.88. The number of benzene rings is 1. The number of nitrogens with two attached hydrogens (primary N) is 1. The predicted molar refractivity (Wildman–Crippen MR) is 79.8 cm³/mol.